The summed E-state index contributed by atoms with van der Waals surface area (Å²) in [4.78, 5) is 4.44. The van der Waals surface area contributed by atoms with E-state index in [1.165, 1.54) is 12.8 Å². The van der Waals surface area contributed by atoms with Crippen molar-refractivity contribution in [2.45, 2.75) is 38.6 Å². The fourth-order valence-corrected chi connectivity index (χ4v) is 1.66. The smallest absolute Gasteiger partial charge is 0.244 e. The highest BCUT2D eigenvalue weighted by Gasteiger charge is 2.30. The first kappa shape index (κ1) is 11.2. The highest BCUT2D eigenvalue weighted by molar-refractivity contribution is 5.05. The van der Waals surface area contributed by atoms with E-state index in [1.54, 1.807) is 0 Å². The van der Waals surface area contributed by atoms with Crippen molar-refractivity contribution in [1.29, 1.82) is 0 Å². The SMILES string of the molecule is C#CCN[C@H](c1nc(C2CC2)no1)C(C)C. The van der Waals surface area contributed by atoms with Crippen molar-refractivity contribution in [2.24, 2.45) is 5.92 Å². The van der Waals surface area contributed by atoms with Crippen molar-refractivity contribution in [2.75, 3.05) is 6.54 Å². The zero-order chi connectivity index (χ0) is 11.5. The number of aromatic nitrogens is 2. The van der Waals surface area contributed by atoms with E-state index in [0.717, 1.165) is 5.82 Å². The number of hydrogen-bond donors (Lipinski definition) is 1. The molecule has 16 heavy (non-hydrogen) atoms. The van der Waals surface area contributed by atoms with Crippen molar-refractivity contribution in [3.8, 4) is 12.3 Å². The third-order valence-corrected chi connectivity index (χ3v) is 2.76. The van der Waals surface area contributed by atoms with E-state index in [0.29, 0.717) is 24.3 Å². The summed E-state index contributed by atoms with van der Waals surface area (Å²) in [6.07, 6.45) is 7.61. The largest absolute Gasteiger partial charge is 0.338 e. The number of hydrogen-bond acceptors (Lipinski definition) is 4. The Balaban J connectivity index is 2.08. The first-order chi connectivity index (χ1) is 7.72. The van der Waals surface area contributed by atoms with Crippen LogP contribution in [0.15, 0.2) is 4.52 Å². The molecule has 0 radical (unpaired) electrons. The Kier molecular flexibility index (Phi) is 3.25. The summed E-state index contributed by atoms with van der Waals surface area (Å²) in [6.45, 7) is 4.73. The summed E-state index contributed by atoms with van der Waals surface area (Å²) in [5.74, 6) is 4.97. The number of rotatable bonds is 5. The lowest BCUT2D eigenvalue weighted by molar-refractivity contribution is 0.294. The summed E-state index contributed by atoms with van der Waals surface area (Å²) >= 11 is 0. The normalized spacial score (nSPS) is 17.4. The molecule has 0 amide bonds. The molecule has 0 unspecified atom stereocenters. The van der Waals surface area contributed by atoms with Gasteiger partial charge < -0.3 is 4.52 Å². The average molecular weight is 219 g/mol. The van der Waals surface area contributed by atoms with Gasteiger partial charge in [-0.25, -0.2) is 0 Å². The van der Waals surface area contributed by atoms with Crippen LogP contribution < -0.4 is 5.32 Å². The van der Waals surface area contributed by atoms with E-state index in [2.05, 4.69) is 35.2 Å². The summed E-state index contributed by atoms with van der Waals surface area (Å²) in [5.41, 5.74) is 0. The van der Waals surface area contributed by atoms with Crippen molar-refractivity contribution >= 4 is 0 Å². The van der Waals surface area contributed by atoms with Gasteiger partial charge in [-0.15, -0.1) is 6.42 Å². The van der Waals surface area contributed by atoms with Crippen LogP contribution in [-0.2, 0) is 0 Å². The zero-order valence-electron chi connectivity index (χ0n) is 9.73. The molecule has 2 rings (SSSR count). The highest BCUT2D eigenvalue weighted by Crippen LogP contribution is 2.38. The van der Waals surface area contributed by atoms with Crippen LogP contribution in [0.1, 0.15) is 50.4 Å². The minimum absolute atomic E-state index is 0.0519. The predicted molar refractivity (Wildman–Crippen MR) is 60.7 cm³/mol. The van der Waals surface area contributed by atoms with Crippen molar-refractivity contribution in [3.63, 3.8) is 0 Å². The lowest BCUT2D eigenvalue weighted by Gasteiger charge is -2.16. The molecule has 1 aromatic rings. The van der Waals surface area contributed by atoms with Crippen molar-refractivity contribution in [1.82, 2.24) is 15.5 Å². The molecule has 1 N–H and O–H groups in total. The summed E-state index contributed by atoms with van der Waals surface area (Å²) in [7, 11) is 0. The number of nitrogens with zero attached hydrogens (tertiary/aromatic N) is 2. The third-order valence-electron chi connectivity index (χ3n) is 2.76. The minimum Gasteiger partial charge on any atom is -0.338 e. The fraction of sp³-hybridized carbons (Fsp3) is 0.667. The third kappa shape index (κ3) is 2.42. The van der Waals surface area contributed by atoms with E-state index >= 15 is 0 Å². The standard InChI is InChI=1S/C12H17N3O/c1-4-7-13-10(8(2)3)12-14-11(15-16-12)9-5-6-9/h1,8-10,13H,5-7H2,2-3H3/t10-/m0/s1. The molecule has 1 saturated carbocycles. The van der Waals surface area contributed by atoms with Gasteiger partial charge in [-0.3, -0.25) is 5.32 Å². The molecule has 0 bridgehead atoms. The molecule has 1 aromatic heterocycles. The van der Waals surface area contributed by atoms with Gasteiger partial charge in [-0.1, -0.05) is 24.9 Å². The molecular weight excluding hydrogens is 202 g/mol. The Labute approximate surface area is 95.8 Å². The lowest BCUT2D eigenvalue weighted by atomic mass is 10.0. The molecular formula is C12H17N3O. The molecule has 1 atom stereocenters. The van der Waals surface area contributed by atoms with E-state index in [4.69, 9.17) is 10.9 Å². The molecule has 4 heteroatoms. The van der Waals surface area contributed by atoms with Gasteiger partial charge in [0.15, 0.2) is 5.82 Å². The van der Waals surface area contributed by atoms with E-state index in [1.807, 2.05) is 0 Å². The second-order valence-electron chi connectivity index (χ2n) is 4.57. The fourth-order valence-electron chi connectivity index (χ4n) is 1.66. The minimum atomic E-state index is 0.0519. The van der Waals surface area contributed by atoms with Gasteiger partial charge in [-0.2, -0.15) is 4.98 Å². The van der Waals surface area contributed by atoms with Gasteiger partial charge in [0.1, 0.15) is 0 Å². The Morgan fingerprint density at radius 3 is 2.88 bits per heavy atom. The van der Waals surface area contributed by atoms with Gasteiger partial charge in [0.2, 0.25) is 5.89 Å². The summed E-state index contributed by atoms with van der Waals surface area (Å²) in [5, 5.41) is 7.24. The van der Waals surface area contributed by atoms with Crippen LogP contribution in [-0.4, -0.2) is 16.7 Å². The van der Waals surface area contributed by atoms with Crippen LogP contribution in [0.3, 0.4) is 0 Å². The van der Waals surface area contributed by atoms with Crippen LogP contribution in [0.4, 0.5) is 0 Å². The second-order valence-corrected chi connectivity index (χ2v) is 4.57. The molecule has 1 heterocycles. The maximum atomic E-state index is 5.29. The van der Waals surface area contributed by atoms with Crippen molar-refractivity contribution < 1.29 is 4.52 Å². The molecule has 86 valence electrons. The number of nitrogens with one attached hydrogen (secondary N) is 1. The van der Waals surface area contributed by atoms with Crippen LogP contribution in [0, 0.1) is 18.3 Å². The van der Waals surface area contributed by atoms with Gasteiger partial charge >= 0.3 is 0 Å². The molecule has 0 aliphatic heterocycles. The Morgan fingerprint density at radius 1 is 1.56 bits per heavy atom. The lowest BCUT2D eigenvalue weighted by Crippen LogP contribution is -2.26. The van der Waals surface area contributed by atoms with Gasteiger partial charge in [0, 0.05) is 5.92 Å². The highest BCUT2D eigenvalue weighted by atomic mass is 16.5. The van der Waals surface area contributed by atoms with Gasteiger partial charge in [-0.05, 0) is 18.8 Å². The zero-order valence-corrected chi connectivity index (χ0v) is 9.73. The monoisotopic (exact) mass is 219 g/mol. The average Bonchev–Trinajstić information content (AvgIpc) is 2.99. The Morgan fingerprint density at radius 2 is 2.31 bits per heavy atom. The summed E-state index contributed by atoms with van der Waals surface area (Å²) in [6, 6.07) is 0.0519. The predicted octanol–water partition coefficient (Wildman–Crippen LogP) is 1.87. The van der Waals surface area contributed by atoms with Crippen LogP contribution in [0.2, 0.25) is 0 Å². The topological polar surface area (TPSA) is 51.0 Å². The van der Waals surface area contributed by atoms with Gasteiger partial charge in [0.25, 0.3) is 0 Å². The van der Waals surface area contributed by atoms with E-state index < -0.39 is 0 Å². The Bertz CT molecular complexity index is 387. The molecule has 0 saturated heterocycles. The Hall–Kier alpha value is -1.34. The molecule has 1 fully saturated rings. The van der Waals surface area contributed by atoms with Crippen molar-refractivity contribution in [3.05, 3.63) is 11.7 Å². The van der Waals surface area contributed by atoms with Crippen LogP contribution in [0.25, 0.3) is 0 Å². The van der Waals surface area contributed by atoms with Crippen LogP contribution in [0.5, 0.6) is 0 Å². The molecule has 1 aliphatic carbocycles. The first-order valence-electron chi connectivity index (χ1n) is 5.72. The van der Waals surface area contributed by atoms with E-state index in [-0.39, 0.29) is 6.04 Å². The van der Waals surface area contributed by atoms with Gasteiger partial charge in [0.05, 0.1) is 12.6 Å². The molecule has 4 nitrogen and oxygen atoms in total. The molecule has 0 aromatic carbocycles. The maximum absolute atomic E-state index is 5.29. The molecule has 1 aliphatic rings. The quantitative estimate of drug-likeness (QED) is 0.768. The summed E-state index contributed by atoms with van der Waals surface area (Å²) < 4.78 is 5.29. The van der Waals surface area contributed by atoms with E-state index in [9.17, 15) is 0 Å². The second kappa shape index (κ2) is 4.67. The number of terminal acetylenes is 1. The first-order valence-corrected chi connectivity index (χ1v) is 5.72. The maximum Gasteiger partial charge on any atom is 0.244 e. The van der Waals surface area contributed by atoms with Crippen LogP contribution >= 0.6 is 0 Å². The molecule has 0 spiro atoms.